The largest absolute Gasteiger partial charge is 0.477 e. The average Bonchev–Trinajstić information content (AvgIpc) is 3.47. The Kier molecular flexibility index (Phi) is 4.56. The molecule has 3 aliphatic rings. The molecule has 130 valence electrons. The van der Waals surface area contributed by atoms with E-state index in [0.717, 1.165) is 38.1 Å². The summed E-state index contributed by atoms with van der Waals surface area (Å²) >= 11 is 0. The molecule has 3 fully saturated rings. The van der Waals surface area contributed by atoms with E-state index in [2.05, 4.69) is 10.4 Å². The van der Waals surface area contributed by atoms with Crippen LogP contribution in [0.1, 0.15) is 56.4 Å². The van der Waals surface area contributed by atoms with Crippen LogP contribution >= 0.6 is 0 Å². The minimum Gasteiger partial charge on any atom is -0.477 e. The van der Waals surface area contributed by atoms with Crippen molar-refractivity contribution in [3.05, 3.63) is 17.7 Å². The second kappa shape index (κ2) is 6.97. The molecule has 1 aromatic heterocycles. The summed E-state index contributed by atoms with van der Waals surface area (Å²) < 4.78 is 11.3. The second-order valence-electron chi connectivity index (χ2n) is 7.12. The molecule has 2 saturated carbocycles. The van der Waals surface area contributed by atoms with Crippen LogP contribution in [0.3, 0.4) is 0 Å². The fourth-order valence-corrected chi connectivity index (χ4v) is 3.05. The van der Waals surface area contributed by atoms with Gasteiger partial charge >= 0.3 is 6.09 Å². The maximum absolute atomic E-state index is 12.0. The van der Waals surface area contributed by atoms with Crippen molar-refractivity contribution in [2.45, 2.75) is 50.9 Å². The van der Waals surface area contributed by atoms with Gasteiger partial charge in [-0.25, -0.2) is 9.80 Å². The minimum atomic E-state index is -0.475. The van der Waals surface area contributed by atoms with E-state index in [4.69, 9.17) is 9.47 Å². The number of hydrogen-bond donors (Lipinski definition) is 1. The zero-order chi connectivity index (χ0) is 16.4. The molecule has 0 unspecified atom stereocenters. The Labute approximate surface area is 142 Å². The number of ether oxygens (including phenoxy) is 2. The van der Waals surface area contributed by atoms with Gasteiger partial charge in [-0.1, -0.05) is 6.42 Å². The first kappa shape index (κ1) is 15.7. The van der Waals surface area contributed by atoms with Crippen molar-refractivity contribution in [1.29, 1.82) is 0 Å². The van der Waals surface area contributed by atoms with Crippen LogP contribution in [0.15, 0.2) is 12.1 Å². The lowest BCUT2D eigenvalue weighted by molar-refractivity contribution is 0.127. The number of nitrogens with zero attached hydrogens (tertiary/aromatic N) is 2. The van der Waals surface area contributed by atoms with E-state index in [0.29, 0.717) is 23.6 Å². The Morgan fingerprint density at radius 2 is 1.96 bits per heavy atom. The van der Waals surface area contributed by atoms with Crippen LogP contribution in [0.5, 0.6) is 11.8 Å². The van der Waals surface area contributed by atoms with Crippen molar-refractivity contribution in [3.63, 3.8) is 0 Å². The van der Waals surface area contributed by atoms with Crippen LogP contribution in [0, 0.1) is 5.92 Å². The standard InChI is InChI=1S/C18H25N3O3/c22-18(20-21-10-2-1-3-11-21)24-16-9-8-15(14-6-7-14)17(19-16)23-12-13-4-5-13/h8-9,13-14H,1-7,10-12H2,(H,20,22). The van der Waals surface area contributed by atoms with Gasteiger partial charge in [0.05, 0.1) is 6.61 Å². The van der Waals surface area contributed by atoms with Crippen molar-refractivity contribution < 1.29 is 14.3 Å². The molecule has 24 heavy (non-hydrogen) atoms. The summed E-state index contributed by atoms with van der Waals surface area (Å²) in [5, 5.41) is 1.91. The normalized spacial score (nSPS) is 21.3. The maximum Gasteiger partial charge on any atom is 0.428 e. The molecule has 1 aromatic rings. The highest BCUT2D eigenvalue weighted by Crippen LogP contribution is 2.44. The first-order chi connectivity index (χ1) is 11.8. The third-order valence-electron chi connectivity index (χ3n) is 4.84. The van der Waals surface area contributed by atoms with Crippen molar-refractivity contribution in [2.24, 2.45) is 5.92 Å². The number of carbonyl (C=O) groups excluding carboxylic acids is 1. The van der Waals surface area contributed by atoms with Crippen LogP contribution in [-0.4, -0.2) is 35.8 Å². The number of nitrogens with one attached hydrogen (secondary N) is 1. The molecule has 0 aromatic carbocycles. The molecule has 0 spiro atoms. The monoisotopic (exact) mass is 331 g/mol. The first-order valence-electron chi connectivity index (χ1n) is 9.15. The van der Waals surface area contributed by atoms with E-state index < -0.39 is 6.09 Å². The van der Waals surface area contributed by atoms with Crippen molar-refractivity contribution in [2.75, 3.05) is 19.7 Å². The first-order valence-corrected chi connectivity index (χ1v) is 9.15. The molecular weight excluding hydrogens is 306 g/mol. The molecule has 1 N–H and O–H groups in total. The predicted molar refractivity (Wildman–Crippen MR) is 89.0 cm³/mol. The number of carbonyl (C=O) groups is 1. The zero-order valence-electron chi connectivity index (χ0n) is 14.0. The molecule has 0 atom stereocenters. The third kappa shape index (κ3) is 4.17. The lowest BCUT2D eigenvalue weighted by Crippen LogP contribution is -2.46. The van der Waals surface area contributed by atoms with Crippen LogP contribution in [0.4, 0.5) is 4.79 Å². The number of hydrogen-bond acceptors (Lipinski definition) is 5. The van der Waals surface area contributed by atoms with Crippen molar-refractivity contribution in [3.8, 4) is 11.8 Å². The Balaban J connectivity index is 1.38. The predicted octanol–water partition coefficient (Wildman–Crippen LogP) is 3.24. The van der Waals surface area contributed by atoms with Crippen molar-refractivity contribution in [1.82, 2.24) is 15.4 Å². The van der Waals surface area contributed by atoms with Crippen LogP contribution in [0.25, 0.3) is 0 Å². The summed E-state index contributed by atoms with van der Waals surface area (Å²) in [6, 6.07) is 3.77. The molecule has 0 radical (unpaired) electrons. The summed E-state index contributed by atoms with van der Waals surface area (Å²) in [5.74, 6) is 2.18. The summed E-state index contributed by atoms with van der Waals surface area (Å²) in [4.78, 5) is 16.5. The van der Waals surface area contributed by atoms with Gasteiger partial charge < -0.3 is 9.47 Å². The molecule has 4 rings (SSSR count). The Bertz CT molecular complexity index is 593. The van der Waals surface area contributed by atoms with Gasteiger partial charge in [-0.3, -0.25) is 5.43 Å². The lowest BCUT2D eigenvalue weighted by Gasteiger charge is -2.26. The highest BCUT2D eigenvalue weighted by Gasteiger charge is 2.29. The quantitative estimate of drug-likeness (QED) is 0.867. The Hall–Kier alpha value is -1.82. The summed E-state index contributed by atoms with van der Waals surface area (Å²) in [7, 11) is 0. The van der Waals surface area contributed by atoms with E-state index in [1.807, 2.05) is 11.1 Å². The third-order valence-corrected chi connectivity index (χ3v) is 4.84. The number of rotatable bonds is 6. The average molecular weight is 331 g/mol. The second-order valence-corrected chi connectivity index (χ2v) is 7.12. The van der Waals surface area contributed by atoms with Crippen LogP contribution < -0.4 is 14.9 Å². The number of piperidine rings is 1. The molecule has 2 aliphatic carbocycles. The van der Waals surface area contributed by atoms with Gasteiger partial charge in [-0.15, -0.1) is 0 Å². The fourth-order valence-electron chi connectivity index (χ4n) is 3.05. The van der Waals surface area contributed by atoms with Crippen molar-refractivity contribution >= 4 is 6.09 Å². The van der Waals surface area contributed by atoms with Crippen LogP contribution in [-0.2, 0) is 0 Å². The van der Waals surface area contributed by atoms with Gasteiger partial charge in [-0.05, 0) is 56.4 Å². The van der Waals surface area contributed by atoms with Gasteiger partial charge in [0.1, 0.15) is 0 Å². The Morgan fingerprint density at radius 1 is 1.17 bits per heavy atom. The highest BCUT2D eigenvalue weighted by molar-refractivity contribution is 5.69. The topological polar surface area (TPSA) is 63.7 Å². The number of hydrazine groups is 1. The highest BCUT2D eigenvalue weighted by atomic mass is 16.6. The summed E-state index contributed by atoms with van der Waals surface area (Å²) in [6.07, 6.45) is 7.83. The molecule has 6 nitrogen and oxygen atoms in total. The zero-order valence-corrected chi connectivity index (χ0v) is 14.0. The molecule has 2 heterocycles. The number of pyridine rings is 1. The molecular formula is C18H25N3O3. The van der Waals surface area contributed by atoms with Crippen LogP contribution in [0.2, 0.25) is 0 Å². The Morgan fingerprint density at radius 3 is 2.67 bits per heavy atom. The molecule has 0 bridgehead atoms. The smallest absolute Gasteiger partial charge is 0.428 e. The molecule has 1 saturated heterocycles. The van der Waals surface area contributed by atoms with E-state index in [9.17, 15) is 4.79 Å². The number of amides is 1. The summed E-state index contributed by atoms with van der Waals surface area (Å²) in [6.45, 7) is 2.47. The van der Waals surface area contributed by atoms with Gasteiger partial charge in [0.25, 0.3) is 0 Å². The lowest BCUT2D eigenvalue weighted by atomic mass is 10.2. The van der Waals surface area contributed by atoms with Gasteiger partial charge in [0.15, 0.2) is 0 Å². The van der Waals surface area contributed by atoms with Gasteiger partial charge in [-0.2, -0.15) is 4.98 Å². The van der Waals surface area contributed by atoms with Gasteiger partial charge in [0, 0.05) is 24.7 Å². The molecule has 1 amide bonds. The van der Waals surface area contributed by atoms with E-state index >= 15 is 0 Å². The fraction of sp³-hybridized carbons (Fsp3) is 0.667. The number of aromatic nitrogens is 1. The molecule has 1 aliphatic heterocycles. The maximum atomic E-state index is 12.0. The summed E-state index contributed by atoms with van der Waals surface area (Å²) in [5.41, 5.74) is 3.94. The van der Waals surface area contributed by atoms with Gasteiger partial charge in [0.2, 0.25) is 11.8 Å². The van der Waals surface area contributed by atoms with E-state index in [-0.39, 0.29) is 0 Å². The minimum absolute atomic E-state index is 0.305. The molecule has 6 heteroatoms. The SMILES string of the molecule is O=C(NN1CCCCC1)Oc1ccc(C2CC2)c(OCC2CC2)n1. The van der Waals surface area contributed by atoms with E-state index in [1.165, 1.54) is 32.1 Å². The van der Waals surface area contributed by atoms with E-state index in [1.54, 1.807) is 6.07 Å².